The van der Waals surface area contributed by atoms with Crippen molar-refractivity contribution < 1.29 is 4.74 Å². The number of ether oxygens (including phenoxy) is 1. The first-order valence-corrected chi connectivity index (χ1v) is 11.6. The third-order valence-electron chi connectivity index (χ3n) is 6.00. The van der Waals surface area contributed by atoms with Crippen LogP contribution < -0.4 is 20.4 Å². The number of hydrogen-bond acceptors (Lipinski definition) is 6. The summed E-state index contributed by atoms with van der Waals surface area (Å²) in [7, 11) is 0. The maximum Gasteiger partial charge on any atom is 0.232 e. The number of morpholine rings is 1. The van der Waals surface area contributed by atoms with Gasteiger partial charge in [-0.15, -0.1) is 0 Å². The van der Waals surface area contributed by atoms with Crippen LogP contribution in [0.3, 0.4) is 0 Å². The van der Waals surface area contributed by atoms with Crippen molar-refractivity contribution in [3.05, 3.63) is 42.0 Å². The molecule has 0 aliphatic carbocycles. The normalized spacial score (nSPS) is 20.3. The molecule has 8 heteroatoms. The van der Waals surface area contributed by atoms with Gasteiger partial charge in [-0.3, -0.25) is 0 Å². The van der Waals surface area contributed by atoms with Gasteiger partial charge in [0, 0.05) is 31.7 Å². The molecular weight excluding hydrogens is 408 g/mol. The lowest BCUT2D eigenvalue weighted by atomic mass is 10.0. The Morgan fingerprint density at radius 1 is 1.10 bits per heavy atom. The monoisotopic (exact) mass is 440 g/mol. The molecule has 2 atom stereocenters. The summed E-state index contributed by atoms with van der Waals surface area (Å²) in [4.78, 5) is 14.3. The molecule has 2 aliphatic rings. The van der Waals surface area contributed by atoms with Crippen molar-refractivity contribution in [2.24, 2.45) is 0 Å². The molecule has 0 spiro atoms. The average Bonchev–Trinajstić information content (AvgIpc) is 2.80. The van der Waals surface area contributed by atoms with Crippen LogP contribution in [0.2, 0.25) is 0 Å². The number of nitrogens with one attached hydrogen (secondary N) is 2. The zero-order valence-electron chi connectivity index (χ0n) is 18.4. The number of rotatable bonds is 5. The van der Waals surface area contributed by atoms with E-state index in [1.807, 2.05) is 18.2 Å². The Morgan fingerprint density at radius 2 is 1.84 bits per heavy atom. The molecular formula is C23H32N6OS. The van der Waals surface area contributed by atoms with E-state index >= 15 is 0 Å². The largest absolute Gasteiger partial charge is 0.378 e. The molecule has 1 aromatic heterocycles. The Bertz CT molecular complexity index is 874. The Hall–Kier alpha value is -2.45. The van der Waals surface area contributed by atoms with Gasteiger partial charge in [0.15, 0.2) is 5.11 Å². The zero-order chi connectivity index (χ0) is 21.6. The van der Waals surface area contributed by atoms with Crippen LogP contribution in [0.5, 0.6) is 0 Å². The van der Waals surface area contributed by atoms with Crippen LogP contribution >= 0.6 is 12.2 Å². The van der Waals surface area contributed by atoms with Crippen molar-refractivity contribution in [2.45, 2.75) is 45.2 Å². The van der Waals surface area contributed by atoms with Crippen LogP contribution in [0.1, 0.15) is 44.7 Å². The van der Waals surface area contributed by atoms with Gasteiger partial charge in [-0.25, -0.2) is 0 Å². The summed E-state index contributed by atoms with van der Waals surface area (Å²) in [6.07, 6.45) is 3.66. The van der Waals surface area contributed by atoms with Gasteiger partial charge in [0.1, 0.15) is 11.6 Å². The van der Waals surface area contributed by atoms with E-state index in [0.29, 0.717) is 17.1 Å². The van der Waals surface area contributed by atoms with Crippen molar-refractivity contribution in [2.75, 3.05) is 48.0 Å². The second kappa shape index (κ2) is 10.2. The minimum absolute atomic E-state index is 0.0882. The van der Waals surface area contributed by atoms with Gasteiger partial charge in [-0.2, -0.15) is 9.97 Å². The van der Waals surface area contributed by atoms with Gasteiger partial charge in [-0.05, 0) is 50.9 Å². The molecule has 0 amide bonds. The van der Waals surface area contributed by atoms with Crippen LogP contribution in [0.4, 0.5) is 17.6 Å². The van der Waals surface area contributed by atoms with Gasteiger partial charge >= 0.3 is 0 Å². The summed E-state index contributed by atoms with van der Waals surface area (Å²) in [5, 5.41) is 7.10. The molecule has 0 unspecified atom stereocenters. The SMILES string of the molecule is C[C@H](NC(=S)Nc1nc(N2CCOCC2)cc(N2CCCC[C@@H]2C)n1)c1ccccc1. The standard InChI is InChI=1S/C23H32N6OS/c1-17-8-6-7-11-29(17)21-16-20(28-12-14-30-15-13-28)25-22(26-21)27-23(31)24-18(2)19-9-4-3-5-10-19/h3-5,9-10,16-18H,6-8,11-15H2,1-2H3,(H2,24,25,26,27,31)/t17-,18-/m0/s1. The molecule has 0 radical (unpaired) electrons. The Morgan fingerprint density at radius 3 is 2.58 bits per heavy atom. The van der Waals surface area contributed by atoms with E-state index in [1.54, 1.807) is 0 Å². The average molecular weight is 441 g/mol. The summed E-state index contributed by atoms with van der Waals surface area (Å²) in [6.45, 7) is 8.49. The van der Waals surface area contributed by atoms with Crippen LogP contribution in [-0.4, -0.2) is 54.0 Å². The lowest BCUT2D eigenvalue weighted by molar-refractivity contribution is 0.122. The van der Waals surface area contributed by atoms with Crippen molar-refractivity contribution in [3.8, 4) is 0 Å². The van der Waals surface area contributed by atoms with Crippen molar-refractivity contribution >= 4 is 34.9 Å². The van der Waals surface area contributed by atoms with Crippen molar-refractivity contribution in [3.63, 3.8) is 0 Å². The Balaban J connectivity index is 1.53. The summed E-state index contributed by atoms with van der Waals surface area (Å²) < 4.78 is 5.52. The molecule has 31 heavy (non-hydrogen) atoms. The third-order valence-corrected chi connectivity index (χ3v) is 6.22. The second-order valence-electron chi connectivity index (χ2n) is 8.28. The number of aromatic nitrogens is 2. The minimum atomic E-state index is 0.0882. The van der Waals surface area contributed by atoms with Gasteiger partial charge in [0.05, 0.1) is 19.3 Å². The van der Waals surface area contributed by atoms with Crippen LogP contribution in [0.25, 0.3) is 0 Å². The highest BCUT2D eigenvalue weighted by molar-refractivity contribution is 7.80. The maximum absolute atomic E-state index is 5.59. The zero-order valence-corrected chi connectivity index (χ0v) is 19.2. The van der Waals surface area contributed by atoms with E-state index in [0.717, 1.165) is 44.5 Å². The Labute approximate surface area is 190 Å². The molecule has 3 heterocycles. The smallest absolute Gasteiger partial charge is 0.232 e. The molecule has 0 saturated carbocycles. The molecule has 2 aromatic rings. The lowest BCUT2D eigenvalue weighted by Crippen LogP contribution is -2.40. The number of anilines is 3. The molecule has 4 rings (SSSR count). The number of piperidine rings is 1. The summed E-state index contributed by atoms with van der Waals surface area (Å²) >= 11 is 5.59. The maximum atomic E-state index is 5.59. The van der Waals surface area contributed by atoms with Crippen molar-refractivity contribution in [1.29, 1.82) is 0 Å². The number of thiocarbonyl (C=S) groups is 1. The molecule has 2 N–H and O–H groups in total. The van der Waals surface area contributed by atoms with Gasteiger partial charge in [0.2, 0.25) is 5.95 Å². The highest BCUT2D eigenvalue weighted by Crippen LogP contribution is 2.27. The molecule has 2 saturated heterocycles. The Kier molecular flexibility index (Phi) is 7.19. The molecule has 7 nitrogen and oxygen atoms in total. The fraction of sp³-hybridized carbons (Fsp3) is 0.522. The highest BCUT2D eigenvalue weighted by Gasteiger charge is 2.23. The van der Waals surface area contributed by atoms with E-state index in [9.17, 15) is 0 Å². The molecule has 2 aliphatic heterocycles. The fourth-order valence-electron chi connectivity index (χ4n) is 4.18. The predicted molar refractivity (Wildman–Crippen MR) is 130 cm³/mol. The van der Waals surface area contributed by atoms with Crippen LogP contribution in [-0.2, 0) is 4.74 Å². The molecule has 166 valence electrons. The first-order chi connectivity index (χ1) is 15.1. The topological polar surface area (TPSA) is 65.6 Å². The summed E-state index contributed by atoms with van der Waals surface area (Å²) in [5.41, 5.74) is 1.18. The first-order valence-electron chi connectivity index (χ1n) is 11.2. The van der Waals surface area contributed by atoms with Crippen LogP contribution in [0, 0.1) is 0 Å². The van der Waals surface area contributed by atoms with Crippen molar-refractivity contribution in [1.82, 2.24) is 15.3 Å². The number of hydrogen-bond donors (Lipinski definition) is 2. The fourth-order valence-corrected chi connectivity index (χ4v) is 4.45. The van der Waals surface area contributed by atoms with Gasteiger partial charge in [-0.1, -0.05) is 30.3 Å². The second-order valence-corrected chi connectivity index (χ2v) is 8.68. The highest BCUT2D eigenvalue weighted by atomic mass is 32.1. The summed E-state index contributed by atoms with van der Waals surface area (Å²) in [6, 6.07) is 12.9. The third kappa shape index (κ3) is 5.62. The number of benzene rings is 1. The molecule has 0 bridgehead atoms. The molecule has 2 fully saturated rings. The predicted octanol–water partition coefficient (Wildman–Crippen LogP) is 3.74. The van der Waals surface area contributed by atoms with E-state index in [4.69, 9.17) is 26.9 Å². The minimum Gasteiger partial charge on any atom is -0.378 e. The van der Waals surface area contributed by atoms with Crippen LogP contribution in [0.15, 0.2) is 36.4 Å². The van der Waals surface area contributed by atoms with E-state index in [-0.39, 0.29) is 6.04 Å². The summed E-state index contributed by atoms with van der Waals surface area (Å²) in [5.74, 6) is 2.42. The first kappa shape index (κ1) is 21.8. The lowest BCUT2D eigenvalue weighted by Gasteiger charge is -2.35. The van der Waals surface area contributed by atoms with Gasteiger partial charge < -0.3 is 25.2 Å². The number of nitrogens with zero attached hydrogens (tertiary/aromatic N) is 4. The van der Waals surface area contributed by atoms with E-state index in [1.165, 1.54) is 24.8 Å². The van der Waals surface area contributed by atoms with E-state index < -0.39 is 0 Å². The van der Waals surface area contributed by atoms with E-state index in [2.05, 4.69) is 52.5 Å². The van der Waals surface area contributed by atoms with Gasteiger partial charge in [0.25, 0.3) is 0 Å². The molecule has 1 aromatic carbocycles. The quantitative estimate of drug-likeness (QED) is 0.682.